The molecule has 0 aliphatic carbocycles. The number of ether oxygens (including phenoxy) is 1. The number of thioether (sulfide) groups is 1. The van der Waals surface area contributed by atoms with Gasteiger partial charge in [-0.1, -0.05) is 84.4 Å². The summed E-state index contributed by atoms with van der Waals surface area (Å²) >= 11 is 8.24. The number of halogens is 1. The Balaban J connectivity index is 1.59. The third-order valence-electron chi connectivity index (χ3n) is 7.47. The minimum absolute atomic E-state index is 0.108. The van der Waals surface area contributed by atoms with Crippen molar-refractivity contribution in [2.24, 2.45) is 10.9 Å². The van der Waals surface area contributed by atoms with E-state index in [0.29, 0.717) is 50.3 Å². The lowest BCUT2D eigenvalue weighted by molar-refractivity contribution is -0.113. The summed E-state index contributed by atoms with van der Waals surface area (Å²) < 4.78 is 5.45. The first-order chi connectivity index (χ1) is 21.4. The summed E-state index contributed by atoms with van der Waals surface area (Å²) in [5, 5.41) is 24.1. The Labute approximate surface area is 266 Å². The number of allylic oxidation sites excluding steroid dienone is 1. The van der Waals surface area contributed by atoms with Crippen molar-refractivity contribution in [2.75, 3.05) is 12.4 Å². The standard InChI is InChI=1S/C36H29ClN4O2S/c1-23-33(35(42)41-30-17-8-9-18-31(30)43-2)34(27-15-6-7-16-29(27)37)28(22-39)36(40-23)44-32(26-13-4-3-5-14-26)20-24-11-10-12-25(19-24)21-38/h3-19,28,32,34H,20H2,1-2H3,(H,41,42). The lowest BCUT2D eigenvalue weighted by atomic mass is 9.78. The first kappa shape index (κ1) is 30.6. The van der Waals surface area contributed by atoms with Crippen molar-refractivity contribution in [1.29, 1.82) is 10.5 Å². The number of carbonyl (C=O) groups is 1. The van der Waals surface area contributed by atoms with Crippen molar-refractivity contribution in [3.05, 3.63) is 142 Å². The van der Waals surface area contributed by atoms with E-state index in [0.717, 1.165) is 11.1 Å². The average molecular weight is 617 g/mol. The fourth-order valence-corrected chi connectivity index (χ4v) is 7.03. The molecule has 1 aliphatic heterocycles. The minimum Gasteiger partial charge on any atom is -0.495 e. The molecule has 0 fully saturated rings. The molecule has 0 aromatic heterocycles. The number of nitrogens with one attached hydrogen (secondary N) is 1. The number of aliphatic imine (C=N–C) groups is 1. The number of para-hydroxylation sites is 2. The van der Waals surface area contributed by atoms with E-state index in [1.807, 2.05) is 66.7 Å². The molecule has 1 N–H and O–H groups in total. The second-order valence-electron chi connectivity index (χ2n) is 10.2. The summed E-state index contributed by atoms with van der Waals surface area (Å²) in [5.74, 6) is -1.30. The van der Waals surface area contributed by atoms with E-state index < -0.39 is 11.8 Å². The van der Waals surface area contributed by atoms with E-state index in [-0.39, 0.29) is 11.2 Å². The summed E-state index contributed by atoms with van der Waals surface area (Å²) in [5.41, 5.74) is 4.73. The molecule has 3 unspecified atom stereocenters. The van der Waals surface area contributed by atoms with Crippen LogP contribution in [0.2, 0.25) is 5.02 Å². The number of nitrogens with zero attached hydrogens (tertiary/aromatic N) is 3. The molecule has 5 rings (SSSR count). The Hall–Kier alpha value is -4.82. The van der Waals surface area contributed by atoms with E-state index in [4.69, 9.17) is 21.3 Å². The highest BCUT2D eigenvalue weighted by atomic mass is 35.5. The van der Waals surface area contributed by atoms with Gasteiger partial charge in [-0.15, -0.1) is 11.8 Å². The highest BCUT2D eigenvalue weighted by Crippen LogP contribution is 2.46. The molecule has 8 heteroatoms. The van der Waals surface area contributed by atoms with Gasteiger partial charge in [0.2, 0.25) is 0 Å². The fourth-order valence-electron chi connectivity index (χ4n) is 5.39. The van der Waals surface area contributed by atoms with Gasteiger partial charge in [0.15, 0.2) is 0 Å². The van der Waals surface area contributed by atoms with Crippen LogP contribution in [0, 0.1) is 28.6 Å². The maximum absolute atomic E-state index is 14.0. The van der Waals surface area contributed by atoms with Crippen LogP contribution in [0.3, 0.4) is 0 Å². The number of amides is 1. The molecule has 0 bridgehead atoms. The molecule has 218 valence electrons. The van der Waals surface area contributed by atoms with Crippen LogP contribution >= 0.6 is 23.4 Å². The second kappa shape index (κ2) is 14.1. The SMILES string of the molecule is COc1ccccc1NC(=O)C1=C(C)N=C(SC(Cc2cccc(C#N)c2)c2ccccc2)C(C#N)C1c1ccccc1Cl. The highest BCUT2D eigenvalue weighted by Gasteiger charge is 2.40. The Kier molecular flexibility index (Phi) is 9.82. The van der Waals surface area contributed by atoms with Crippen LogP contribution in [0.25, 0.3) is 0 Å². The number of rotatable bonds is 8. The molecular weight excluding hydrogens is 588 g/mol. The molecule has 44 heavy (non-hydrogen) atoms. The molecule has 1 amide bonds. The van der Waals surface area contributed by atoms with Gasteiger partial charge in [0.1, 0.15) is 11.7 Å². The molecule has 4 aromatic carbocycles. The predicted molar refractivity (Wildman–Crippen MR) is 177 cm³/mol. The van der Waals surface area contributed by atoms with Crippen molar-refractivity contribution >= 4 is 40.0 Å². The van der Waals surface area contributed by atoms with Gasteiger partial charge in [0, 0.05) is 27.5 Å². The van der Waals surface area contributed by atoms with E-state index in [2.05, 4.69) is 29.6 Å². The van der Waals surface area contributed by atoms with Gasteiger partial charge in [-0.3, -0.25) is 4.79 Å². The summed E-state index contributed by atoms with van der Waals surface area (Å²) in [7, 11) is 1.54. The Morgan fingerprint density at radius 3 is 2.45 bits per heavy atom. The monoisotopic (exact) mass is 616 g/mol. The third kappa shape index (κ3) is 6.71. The van der Waals surface area contributed by atoms with Crippen LogP contribution in [-0.4, -0.2) is 18.1 Å². The second-order valence-corrected chi connectivity index (χ2v) is 11.9. The highest BCUT2D eigenvalue weighted by molar-refractivity contribution is 8.14. The smallest absolute Gasteiger partial charge is 0.254 e. The van der Waals surface area contributed by atoms with Crippen molar-refractivity contribution in [2.45, 2.75) is 24.5 Å². The predicted octanol–water partition coefficient (Wildman–Crippen LogP) is 8.49. The summed E-state index contributed by atoms with van der Waals surface area (Å²) in [6.07, 6.45) is 0.613. The van der Waals surface area contributed by atoms with E-state index >= 15 is 0 Å². The zero-order valence-corrected chi connectivity index (χ0v) is 25.8. The number of benzene rings is 4. The van der Waals surface area contributed by atoms with Gasteiger partial charge in [-0.2, -0.15) is 10.5 Å². The van der Waals surface area contributed by atoms with Crippen LogP contribution in [0.5, 0.6) is 5.75 Å². The molecule has 0 spiro atoms. The molecule has 3 atom stereocenters. The minimum atomic E-state index is -0.779. The van der Waals surface area contributed by atoms with Gasteiger partial charge in [0.05, 0.1) is 35.5 Å². The first-order valence-electron chi connectivity index (χ1n) is 14.0. The van der Waals surface area contributed by atoms with E-state index in [1.165, 1.54) is 11.8 Å². The third-order valence-corrected chi connectivity index (χ3v) is 9.12. The molecule has 4 aromatic rings. The van der Waals surface area contributed by atoms with E-state index in [1.54, 1.807) is 38.3 Å². The molecule has 0 saturated heterocycles. The van der Waals surface area contributed by atoms with Crippen LogP contribution in [0.1, 0.15) is 40.3 Å². The number of nitriles is 2. The maximum atomic E-state index is 14.0. The Morgan fingerprint density at radius 2 is 1.73 bits per heavy atom. The van der Waals surface area contributed by atoms with Crippen molar-refractivity contribution in [3.8, 4) is 17.9 Å². The Bertz CT molecular complexity index is 1820. The summed E-state index contributed by atoms with van der Waals surface area (Å²) in [6.45, 7) is 1.79. The number of hydrogen-bond acceptors (Lipinski definition) is 6. The quantitative estimate of drug-likeness (QED) is 0.214. The lowest BCUT2D eigenvalue weighted by Gasteiger charge is -2.32. The van der Waals surface area contributed by atoms with Crippen molar-refractivity contribution < 1.29 is 9.53 Å². The molecular formula is C36H29ClN4O2S. The lowest BCUT2D eigenvalue weighted by Crippen LogP contribution is -2.32. The van der Waals surface area contributed by atoms with Crippen LogP contribution in [-0.2, 0) is 11.2 Å². The topological polar surface area (TPSA) is 98.3 Å². The molecule has 0 radical (unpaired) electrons. The molecule has 1 heterocycles. The zero-order valence-electron chi connectivity index (χ0n) is 24.2. The number of anilines is 1. The van der Waals surface area contributed by atoms with Gasteiger partial charge in [0.25, 0.3) is 5.91 Å². The first-order valence-corrected chi connectivity index (χ1v) is 15.3. The number of carbonyl (C=O) groups excluding carboxylic acids is 1. The van der Waals surface area contributed by atoms with Gasteiger partial charge in [-0.25, -0.2) is 4.99 Å². The van der Waals surface area contributed by atoms with Gasteiger partial charge >= 0.3 is 0 Å². The average Bonchev–Trinajstić information content (AvgIpc) is 3.05. The summed E-state index contributed by atoms with van der Waals surface area (Å²) in [4.78, 5) is 18.9. The zero-order chi connectivity index (χ0) is 31.1. The normalized spacial score (nSPS) is 16.7. The van der Waals surface area contributed by atoms with Crippen molar-refractivity contribution in [3.63, 3.8) is 0 Å². The van der Waals surface area contributed by atoms with E-state index in [9.17, 15) is 15.3 Å². The Morgan fingerprint density at radius 1 is 1.00 bits per heavy atom. The molecule has 6 nitrogen and oxygen atoms in total. The van der Waals surface area contributed by atoms with Crippen LogP contribution in [0.4, 0.5) is 5.69 Å². The summed E-state index contributed by atoms with van der Waals surface area (Å²) in [6, 6.07) is 36.7. The largest absolute Gasteiger partial charge is 0.495 e. The van der Waals surface area contributed by atoms with Gasteiger partial charge in [-0.05, 0) is 60.4 Å². The number of methoxy groups -OCH3 is 1. The van der Waals surface area contributed by atoms with Gasteiger partial charge < -0.3 is 10.1 Å². The molecule has 1 aliphatic rings. The molecule has 0 saturated carbocycles. The fraction of sp³-hybridized carbons (Fsp3) is 0.167. The maximum Gasteiger partial charge on any atom is 0.254 e. The van der Waals surface area contributed by atoms with Crippen LogP contribution < -0.4 is 10.1 Å². The van der Waals surface area contributed by atoms with Crippen molar-refractivity contribution in [1.82, 2.24) is 0 Å². The van der Waals surface area contributed by atoms with Crippen LogP contribution in [0.15, 0.2) is 119 Å². The number of hydrogen-bond donors (Lipinski definition) is 1.